The third-order valence-electron chi connectivity index (χ3n) is 5.85. The van der Waals surface area contributed by atoms with Gasteiger partial charge in [0, 0.05) is 49.5 Å². The molecule has 5 heteroatoms. The zero-order valence-electron chi connectivity index (χ0n) is 16.0. The normalized spacial score (nSPS) is 19.3. The molecule has 2 aliphatic heterocycles. The van der Waals surface area contributed by atoms with E-state index in [1.807, 2.05) is 30.3 Å². The lowest BCUT2D eigenvalue weighted by Crippen LogP contribution is -2.47. The zero-order chi connectivity index (χ0) is 18.5. The molecule has 5 nitrogen and oxygen atoms in total. The maximum Gasteiger partial charge on any atom is 0.254 e. The molecule has 1 amide bonds. The van der Waals surface area contributed by atoms with Gasteiger partial charge in [0.2, 0.25) is 0 Å². The van der Waals surface area contributed by atoms with Crippen molar-refractivity contribution >= 4 is 16.8 Å². The van der Waals surface area contributed by atoms with Crippen LogP contribution < -0.4 is 0 Å². The number of amides is 1. The SMILES string of the molecule is O=C(c1ccc2ncccc2c1)N(CCN1CCCCC1)C1CCOCC1. The number of ether oxygens (including phenoxy) is 1. The van der Waals surface area contributed by atoms with Gasteiger partial charge in [0.15, 0.2) is 0 Å². The summed E-state index contributed by atoms with van der Waals surface area (Å²) in [6.07, 6.45) is 7.55. The molecule has 27 heavy (non-hydrogen) atoms. The molecular weight excluding hydrogens is 338 g/mol. The van der Waals surface area contributed by atoms with E-state index in [1.54, 1.807) is 6.20 Å². The van der Waals surface area contributed by atoms with Crippen LogP contribution >= 0.6 is 0 Å². The van der Waals surface area contributed by atoms with Crippen LogP contribution in [0, 0.1) is 0 Å². The van der Waals surface area contributed by atoms with Gasteiger partial charge in [0.05, 0.1) is 5.52 Å². The quantitative estimate of drug-likeness (QED) is 0.813. The second-order valence-electron chi connectivity index (χ2n) is 7.66. The lowest BCUT2D eigenvalue weighted by Gasteiger charge is -2.36. The van der Waals surface area contributed by atoms with Crippen molar-refractivity contribution in [2.24, 2.45) is 0 Å². The molecule has 0 spiro atoms. The number of carbonyl (C=O) groups is 1. The lowest BCUT2D eigenvalue weighted by atomic mass is 10.0. The molecule has 144 valence electrons. The first kappa shape index (κ1) is 18.4. The number of aromatic nitrogens is 1. The Morgan fingerprint density at radius 1 is 1.15 bits per heavy atom. The van der Waals surface area contributed by atoms with Crippen molar-refractivity contribution in [1.82, 2.24) is 14.8 Å². The Labute approximate surface area is 161 Å². The van der Waals surface area contributed by atoms with E-state index in [-0.39, 0.29) is 11.9 Å². The molecule has 0 unspecified atom stereocenters. The van der Waals surface area contributed by atoms with Crippen molar-refractivity contribution in [2.45, 2.75) is 38.1 Å². The number of piperidine rings is 1. The van der Waals surface area contributed by atoms with Gasteiger partial charge in [-0.15, -0.1) is 0 Å². The van der Waals surface area contributed by atoms with Gasteiger partial charge in [-0.1, -0.05) is 12.5 Å². The van der Waals surface area contributed by atoms with Crippen molar-refractivity contribution in [3.8, 4) is 0 Å². The van der Waals surface area contributed by atoms with Gasteiger partial charge in [-0.25, -0.2) is 0 Å². The smallest absolute Gasteiger partial charge is 0.254 e. The molecule has 1 aromatic heterocycles. The third-order valence-corrected chi connectivity index (χ3v) is 5.85. The van der Waals surface area contributed by atoms with E-state index >= 15 is 0 Å². The Morgan fingerprint density at radius 2 is 1.96 bits per heavy atom. The topological polar surface area (TPSA) is 45.7 Å². The predicted octanol–water partition coefficient (Wildman–Crippen LogP) is 3.34. The molecule has 0 saturated carbocycles. The van der Waals surface area contributed by atoms with Crippen LogP contribution in [-0.2, 0) is 4.74 Å². The van der Waals surface area contributed by atoms with Gasteiger partial charge < -0.3 is 14.5 Å². The standard InChI is InChI=1S/C22H29N3O2/c26-22(19-6-7-21-18(17-19)5-4-10-23-21)25(20-8-15-27-16-9-20)14-13-24-11-2-1-3-12-24/h4-7,10,17,20H,1-3,8-9,11-16H2. The van der Waals surface area contributed by atoms with Crippen LogP contribution in [0.3, 0.4) is 0 Å². The third kappa shape index (κ3) is 4.47. The summed E-state index contributed by atoms with van der Waals surface area (Å²) in [6.45, 7) is 5.60. The minimum Gasteiger partial charge on any atom is -0.381 e. The van der Waals surface area contributed by atoms with E-state index in [1.165, 1.54) is 19.3 Å². The summed E-state index contributed by atoms with van der Waals surface area (Å²) in [4.78, 5) is 22.4. The molecule has 2 aliphatic rings. The number of rotatable bonds is 5. The molecule has 0 N–H and O–H groups in total. The molecule has 0 aliphatic carbocycles. The molecule has 0 atom stereocenters. The van der Waals surface area contributed by atoms with Crippen molar-refractivity contribution < 1.29 is 9.53 Å². The Bertz CT molecular complexity index is 767. The number of carbonyl (C=O) groups excluding carboxylic acids is 1. The van der Waals surface area contributed by atoms with E-state index in [4.69, 9.17) is 4.74 Å². The molecule has 1 aromatic carbocycles. The predicted molar refractivity (Wildman–Crippen MR) is 107 cm³/mol. The van der Waals surface area contributed by atoms with E-state index in [2.05, 4.69) is 14.8 Å². The summed E-state index contributed by atoms with van der Waals surface area (Å²) in [6, 6.07) is 10.1. The molecule has 0 radical (unpaired) electrons. The van der Waals surface area contributed by atoms with Crippen LogP contribution in [0.2, 0.25) is 0 Å². The van der Waals surface area contributed by atoms with Gasteiger partial charge in [0.1, 0.15) is 0 Å². The molecule has 4 rings (SSSR count). The minimum absolute atomic E-state index is 0.143. The van der Waals surface area contributed by atoms with Crippen LogP contribution in [-0.4, -0.2) is 66.1 Å². The van der Waals surface area contributed by atoms with Gasteiger partial charge in [0.25, 0.3) is 5.91 Å². The van der Waals surface area contributed by atoms with E-state index in [0.29, 0.717) is 0 Å². The highest BCUT2D eigenvalue weighted by Crippen LogP contribution is 2.20. The molecule has 2 aromatic rings. The van der Waals surface area contributed by atoms with E-state index in [9.17, 15) is 4.79 Å². The Hall–Kier alpha value is -1.98. The van der Waals surface area contributed by atoms with Crippen LogP contribution in [0.1, 0.15) is 42.5 Å². The summed E-state index contributed by atoms with van der Waals surface area (Å²) in [5, 5.41) is 1.02. The molecule has 0 bridgehead atoms. The summed E-state index contributed by atoms with van der Waals surface area (Å²) in [5.41, 5.74) is 1.70. The summed E-state index contributed by atoms with van der Waals surface area (Å²) < 4.78 is 5.53. The van der Waals surface area contributed by atoms with Crippen LogP contribution in [0.5, 0.6) is 0 Å². The highest BCUT2D eigenvalue weighted by molar-refractivity contribution is 5.98. The van der Waals surface area contributed by atoms with Crippen LogP contribution in [0.25, 0.3) is 10.9 Å². The zero-order valence-corrected chi connectivity index (χ0v) is 16.0. The fraction of sp³-hybridized carbons (Fsp3) is 0.545. The number of hydrogen-bond acceptors (Lipinski definition) is 4. The fourth-order valence-electron chi connectivity index (χ4n) is 4.25. The largest absolute Gasteiger partial charge is 0.381 e. The van der Waals surface area contributed by atoms with Gasteiger partial charge in [-0.2, -0.15) is 0 Å². The Balaban J connectivity index is 1.52. The van der Waals surface area contributed by atoms with Gasteiger partial charge in [-0.05, 0) is 63.0 Å². The first-order valence-corrected chi connectivity index (χ1v) is 10.3. The molecule has 2 saturated heterocycles. The maximum absolute atomic E-state index is 13.4. The monoisotopic (exact) mass is 367 g/mol. The highest BCUT2D eigenvalue weighted by Gasteiger charge is 2.27. The van der Waals surface area contributed by atoms with E-state index < -0.39 is 0 Å². The minimum atomic E-state index is 0.143. The number of likely N-dealkylation sites (tertiary alicyclic amines) is 1. The summed E-state index contributed by atoms with van der Waals surface area (Å²) in [7, 11) is 0. The average Bonchev–Trinajstić information content (AvgIpc) is 2.75. The number of pyridine rings is 1. The van der Waals surface area contributed by atoms with Crippen molar-refractivity contribution in [3.63, 3.8) is 0 Å². The fourth-order valence-corrected chi connectivity index (χ4v) is 4.25. The number of benzene rings is 1. The maximum atomic E-state index is 13.4. The van der Waals surface area contributed by atoms with Crippen molar-refractivity contribution in [1.29, 1.82) is 0 Å². The first-order chi connectivity index (χ1) is 13.3. The van der Waals surface area contributed by atoms with Crippen molar-refractivity contribution in [2.75, 3.05) is 39.4 Å². The highest BCUT2D eigenvalue weighted by atomic mass is 16.5. The van der Waals surface area contributed by atoms with Crippen molar-refractivity contribution in [3.05, 3.63) is 42.1 Å². The second kappa shape index (κ2) is 8.81. The average molecular weight is 367 g/mol. The number of fused-ring (bicyclic) bond motifs is 1. The van der Waals surface area contributed by atoms with Crippen LogP contribution in [0.15, 0.2) is 36.5 Å². The Morgan fingerprint density at radius 3 is 2.78 bits per heavy atom. The molecule has 2 fully saturated rings. The Kier molecular flexibility index (Phi) is 6.00. The molecule has 3 heterocycles. The summed E-state index contributed by atoms with van der Waals surface area (Å²) >= 11 is 0. The first-order valence-electron chi connectivity index (χ1n) is 10.3. The van der Waals surface area contributed by atoms with Gasteiger partial charge in [-0.3, -0.25) is 9.78 Å². The summed E-state index contributed by atoms with van der Waals surface area (Å²) in [5.74, 6) is 0.143. The number of hydrogen-bond donors (Lipinski definition) is 0. The van der Waals surface area contributed by atoms with Crippen LogP contribution in [0.4, 0.5) is 0 Å². The number of nitrogens with zero attached hydrogens (tertiary/aromatic N) is 3. The molecular formula is C22H29N3O2. The lowest BCUT2D eigenvalue weighted by molar-refractivity contribution is 0.0259. The van der Waals surface area contributed by atoms with E-state index in [0.717, 1.165) is 68.7 Å². The second-order valence-corrected chi connectivity index (χ2v) is 7.66. The van der Waals surface area contributed by atoms with Gasteiger partial charge >= 0.3 is 0 Å².